The van der Waals surface area contributed by atoms with Gasteiger partial charge in [-0.15, -0.1) is 10.2 Å². The van der Waals surface area contributed by atoms with E-state index in [1.165, 1.54) is 0 Å². The second-order valence-electron chi connectivity index (χ2n) is 7.60. The summed E-state index contributed by atoms with van der Waals surface area (Å²) in [6.45, 7) is 4.11. The molecule has 3 saturated heterocycles. The number of carbonyl (C=O) groups excluding carboxylic acids is 1. The van der Waals surface area contributed by atoms with E-state index in [4.69, 9.17) is 4.74 Å². The molecular weight excluding hydrogens is 348 g/mol. The summed E-state index contributed by atoms with van der Waals surface area (Å²) in [5.74, 6) is 0.893. The highest BCUT2D eigenvalue weighted by Crippen LogP contribution is 2.55. The van der Waals surface area contributed by atoms with Crippen LogP contribution in [-0.4, -0.2) is 47.4 Å². The minimum absolute atomic E-state index is 0.0355. The summed E-state index contributed by atoms with van der Waals surface area (Å²) in [7, 11) is 0. The SMILES string of the molecule is CC(=O)NC[C@H]1[C@H]2CN(c3nnc(-c4ccccc4)s3)C[C@]23CC[C@H]1O3. The average Bonchev–Trinajstić information content (AvgIpc) is 3.39. The summed E-state index contributed by atoms with van der Waals surface area (Å²) in [5.41, 5.74) is 1.04. The molecule has 1 N–H and O–H groups in total. The summed E-state index contributed by atoms with van der Waals surface area (Å²) in [4.78, 5) is 13.7. The molecule has 3 fully saturated rings. The first-order valence-corrected chi connectivity index (χ1v) is 10.0. The highest BCUT2D eigenvalue weighted by molar-refractivity contribution is 7.18. The van der Waals surface area contributed by atoms with Crippen LogP contribution in [0.4, 0.5) is 5.13 Å². The van der Waals surface area contributed by atoms with Crippen LogP contribution in [0.3, 0.4) is 0 Å². The van der Waals surface area contributed by atoms with E-state index in [-0.39, 0.29) is 11.5 Å². The van der Waals surface area contributed by atoms with Crippen molar-refractivity contribution in [2.45, 2.75) is 31.5 Å². The first-order valence-electron chi connectivity index (χ1n) is 9.21. The van der Waals surface area contributed by atoms with Gasteiger partial charge < -0.3 is 15.0 Å². The second kappa shape index (κ2) is 6.03. The van der Waals surface area contributed by atoms with Crippen LogP contribution in [0.15, 0.2) is 30.3 Å². The van der Waals surface area contributed by atoms with Crippen LogP contribution >= 0.6 is 11.3 Å². The molecule has 6 nitrogen and oxygen atoms in total. The van der Waals surface area contributed by atoms with Crippen LogP contribution in [-0.2, 0) is 9.53 Å². The number of benzene rings is 1. The van der Waals surface area contributed by atoms with Gasteiger partial charge in [-0.05, 0) is 12.8 Å². The van der Waals surface area contributed by atoms with Gasteiger partial charge in [0.15, 0.2) is 0 Å². The third-order valence-corrected chi connectivity index (χ3v) is 7.11. The van der Waals surface area contributed by atoms with Crippen LogP contribution in [0.25, 0.3) is 10.6 Å². The van der Waals surface area contributed by atoms with Gasteiger partial charge in [0.2, 0.25) is 11.0 Å². The minimum atomic E-state index is -0.0631. The number of carbonyl (C=O) groups is 1. The Balaban J connectivity index is 1.36. The zero-order valence-electron chi connectivity index (χ0n) is 14.7. The number of rotatable bonds is 4. The van der Waals surface area contributed by atoms with Gasteiger partial charge in [0.25, 0.3) is 0 Å². The van der Waals surface area contributed by atoms with Crippen molar-refractivity contribution in [2.75, 3.05) is 24.5 Å². The quantitative estimate of drug-likeness (QED) is 0.895. The number of hydrogen-bond donors (Lipinski definition) is 1. The van der Waals surface area contributed by atoms with E-state index in [9.17, 15) is 4.79 Å². The number of anilines is 1. The highest BCUT2D eigenvalue weighted by atomic mass is 32.1. The van der Waals surface area contributed by atoms with Gasteiger partial charge in [-0.2, -0.15) is 0 Å². The van der Waals surface area contributed by atoms with E-state index in [2.05, 4.69) is 32.5 Å². The second-order valence-corrected chi connectivity index (χ2v) is 8.56. The Labute approximate surface area is 156 Å². The maximum Gasteiger partial charge on any atom is 0.216 e. The molecule has 7 heteroatoms. The van der Waals surface area contributed by atoms with Crippen molar-refractivity contribution < 1.29 is 9.53 Å². The molecule has 1 aromatic carbocycles. The molecule has 0 radical (unpaired) electrons. The average molecular weight is 370 g/mol. The zero-order chi connectivity index (χ0) is 17.7. The smallest absolute Gasteiger partial charge is 0.216 e. The molecule has 0 unspecified atom stereocenters. The number of nitrogens with zero attached hydrogens (tertiary/aromatic N) is 3. The number of aromatic nitrogens is 2. The number of hydrogen-bond acceptors (Lipinski definition) is 6. The van der Waals surface area contributed by atoms with Gasteiger partial charge in [0, 0.05) is 44.0 Å². The van der Waals surface area contributed by atoms with E-state index < -0.39 is 0 Å². The van der Waals surface area contributed by atoms with Crippen LogP contribution in [0.1, 0.15) is 19.8 Å². The van der Waals surface area contributed by atoms with E-state index >= 15 is 0 Å². The van der Waals surface area contributed by atoms with Gasteiger partial charge >= 0.3 is 0 Å². The van der Waals surface area contributed by atoms with Crippen molar-refractivity contribution in [3.63, 3.8) is 0 Å². The monoisotopic (exact) mass is 370 g/mol. The van der Waals surface area contributed by atoms with Crippen LogP contribution < -0.4 is 10.2 Å². The molecule has 5 rings (SSSR count). The van der Waals surface area contributed by atoms with Crippen molar-refractivity contribution in [3.05, 3.63) is 30.3 Å². The lowest BCUT2D eigenvalue weighted by atomic mass is 9.73. The zero-order valence-corrected chi connectivity index (χ0v) is 15.5. The normalized spacial score (nSPS) is 32.0. The molecule has 4 heterocycles. The molecule has 1 spiro atoms. The fourth-order valence-electron chi connectivity index (χ4n) is 4.91. The Hall–Kier alpha value is -1.99. The van der Waals surface area contributed by atoms with Gasteiger partial charge in [-0.25, -0.2) is 0 Å². The molecule has 136 valence electrons. The van der Waals surface area contributed by atoms with Crippen LogP contribution in [0.2, 0.25) is 0 Å². The molecule has 26 heavy (non-hydrogen) atoms. The standard InChI is InChI=1S/C19H22N4O2S/c1-12(24)20-9-14-15-10-23(11-19(15)8-7-16(14)25-19)18-22-21-17(26-18)13-5-3-2-4-6-13/h2-6,14-16H,7-11H2,1H3,(H,20,24)/t14-,15+,16+,19+/m0/s1. The number of amides is 1. The predicted molar refractivity (Wildman–Crippen MR) is 100 cm³/mol. The summed E-state index contributed by atoms with van der Waals surface area (Å²) in [6, 6.07) is 10.2. The Morgan fingerprint density at radius 3 is 3.04 bits per heavy atom. The lowest BCUT2D eigenvalue weighted by molar-refractivity contribution is -0.119. The third-order valence-electron chi connectivity index (χ3n) is 6.08. The van der Waals surface area contributed by atoms with E-state index in [0.29, 0.717) is 24.5 Å². The highest BCUT2D eigenvalue weighted by Gasteiger charge is 2.63. The van der Waals surface area contributed by atoms with Crippen molar-refractivity contribution >= 4 is 22.4 Å². The minimum Gasteiger partial charge on any atom is -0.369 e. The van der Waals surface area contributed by atoms with Gasteiger partial charge in [0.1, 0.15) is 5.01 Å². The molecular formula is C19H22N4O2S. The maximum absolute atomic E-state index is 11.3. The maximum atomic E-state index is 11.3. The first kappa shape index (κ1) is 16.2. The Morgan fingerprint density at radius 2 is 2.23 bits per heavy atom. The largest absolute Gasteiger partial charge is 0.369 e. The third kappa shape index (κ3) is 2.53. The Bertz CT molecular complexity index is 826. The van der Waals surface area contributed by atoms with E-state index in [1.54, 1.807) is 18.3 Å². The van der Waals surface area contributed by atoms with Crippen molar-refractivity contribution in [1.29, 1.82) is 0 Å². The molecule has 1 amide bonds. The summed E-state index contributed by atoms with van der Waals surface area (Å²) >= 11 is 1.64. The van der Waals surface area contributed by atoms with Crippen molar-refractivity contribution in [3.8, 4) is 10.6 Å². The fourth-order valence-corrected chi connectivity index (χ4v) is 5.77. The molecule has 1 aromatic heterocycles. The van der Waals surface area contributed by atoms with Crippen LogP contribution in [0.5, 0.6) is 0 Å². The summed E-state index contributed by atoms with van der Waals surface area (Å²) in [5, 5.41) is 13.8. The summed E-state index contributed by atoms with van der Waals surface area (Å²) in [6.07, 6.45) is 2.50. The molecule has 4 atom stereocenters. The number of nitrogens with one attached hydrogen (secondary N) is 1. The van der Waals surface area contributed by atoms with Gasteiger partial charge in [0.05, 0.1) is 11.7 Å². The lowest BCUT2D eigenvalue weighted by Gasteiger charge is -2.29. The van der Waals surface area contributed by atoms with E-state index in [0.717, 1.165) is 41.6 Å². The molecule has 0 saturated carbocycles. The first-order chi connectivity index (χ1) is 12.6. The van der Waals surface area contributed by atoms with Crippen LogP contribution in [0, 0.1) is 11.8 Å². The van der Waals surface area contributed by atoms with E-state index in [1.807, 2.05) is 18.2 Å². The van der Waals surface area contributed by atoms with Gasteiger partial charge in [-0.1, -0.05) is 41.7 Å². The van der Waals surface area contributed by atoms with Crippen molar-refractivity contribution in [1.82, 2.24) is 15.5 Å². The number of fused-ring (bicyclic) bond motifs is 1. The fraction of sp³-hybridized carbons (Fsp3) is 0.526. The Kier molecular flexibility index (Phi) is 3.76. The molecule has 0 aliphatic carbocycles. The molecule has 2 bridgehead atoms. The molecule has 3 aliphatic heterocycles. The molecule has 2 aromatic rings. The topological polar surface area (TPSA) is 67.4 Å². The molecule has 3 aliphatic rings. The predicted octanol–water partition coefficient (Wildman–Crippen LogP) is 2.33. The van der Waals surface area contributed by atoms with Gasteiger partial charge in [-0.3, -0.25) is 4.79 Å². The van der Waals surface area contributed by atoms with Crippen molar-refractivity contribution in [2.24, 2.45) is 11.8 Å². The summed E-state index contributed by atoms with van der Waals surface area (Å²) < 4.78 is 6.44. The Morgan fingerprint density at radius 1 is 1.38 bits per heavy atom. The number of ether oxygens (including phenoxy) is 1. The lowest BCUT2D eigenvalue weighted by Crippen LogP contribution is -2.41.